The molecule has 1 aromatic rings. The molecule has 8 heteroatoms. The molecule has 1 atom stereocenters. The van der Waals surface area contributed by atoms with Gasteiger partial charge in [-0.2, -0.15) is 0 Å². The van der Waals surface area contributed by atoms with Gasteiger partial charge in [-0.25, -0.2) is 9.59 Å². The lowest BCUT2D eigenvalue weighted by Crippen LogP contribution is -2.60. The Balaban J connectivity index is 1.73. The normalized spacial score (nSPS) is 21.5. The number of amides is 2. The van der Waals surface area contributed by atoms with Crippen molar-refractivity contribution in [2.75, 3.05) is 11.9 Å². The lowest BCUT2D eigenvalue weighted by molar-refractivity contribution is -0.297. The Hall–Kier alpha value is -2.76. The number of piperidine rings is 1. The minimum Gasteiger partial charge on any atom is -0.446 e. The van der Waals surface area contributed by atoms with Crippen LogP contribution < -0.4 is 5.32 Å². The average molecular weight is 485 g/mol. The van der Waals surface area contributed by atoms with Crippen molar-refractivity contribution in [3.63, 3.8) is 0 Å². The second-order valence-electron chi connectivity index (χ2n) is 11.8. The molecule has 0 bridgehead atoms. The standard InChI is InChI=1S/C27H38N3O5/c1-9-14-29(24(32)35-25(2,3)4)22-13-11-18-10-12-19(15-21(18)22)28-23(31)34-20-16-26(5,6)30(33)27(7,8)17-20/h1,10,12,15,20,22H,11,13-14,16-17H2,2-8H3,(H,28,31). The van der Waals surface area contributed by atoms with Crippen LogP contribution in [-0.2, 0) is 21.1 Å². The van der Waals surface area contributed by atoms with Crippen LogP contribution in [-0.4, -0.2) is 51.5 Å². The number of anilines is 1. The van der Waals surface area contributed by atoms with E-state index in [9.17, 15) is 14.8 Å². The molecule has 8 nitrogen and oxygen atoms in total. The molecule has 1 radical (unpaired) electrons. The van der Waals surface area contributed by atoms with Crippen LogP contribution in [0.2, 0.25) is 0 Å². The van der Waals surface area contributed by atoms with Gasteiger partial charge < -0.3 is 9.47 Å². The fourth-order valence-corrected chi connectivity index (χ4v) is 5.26. The Bertz CT molecular complexity index is 987. The van der Waals surface area contributed by atoms with Crippen molar-refractivity contribution in [2.45, 2.75) is 103 Å². The molecule has 1 aromatic carbocycles. The monoisotopic (exact) mass is 484 g/mol. The van der Waals surface area contributed by atoms with Crippen LogP contribution >= 0.6 is 0 Å². The molecule has 1 aliphatic heterocycles. The van der Waals surface area contributed by atoms with E-state index >= 15 is 0 Å². The second kappa shape index (κ2) is 9.71. The van der Waals surface area contributed by atoms with Crippen LogP contribution in [0.1, 0.15) is 84.9 Å². The van der Waals surface area contributed by atoms with Crippen molar-refractivity contribution >= 4 is 17.9 Å². The van der Waals surface area contributed by atoms with Crippen molar-refractivity contribution in [3.8, 4) is 12.3 Å². The highest BCUT2D eigenvalue weighted by molar-refractivity contribution is 5.85. The Labute approximate surface area is 208 Å². The number of aryl methyl sites for hydroxylation is 1. The van der Waals surface area contributed by atoms with Crippen molar-refractivity contribution in [1.82, 2.24) is 9.96 Å². The van der Waals surface area contributed by atoms with Crippen LogP contribution in [0.25, 0.3) is 0 Å². The Kier molecular flexibility index (Phi) is 7.45. The van der Waals surface area contributed by atoms with Gasteiger partial charge in [-0.15, -0.1) is 16.7 Å². The summed E-state index contributed by atoms with van der Waals surface area (Å²) in [6, 6.07) is 5.42. The lowest BCUT2D eigenvalue weighted by Gasteiger charge is -2.49. The molecule has 0 saturated carbocycles. The van der Waals surface area contributed by atoms with Crippen molar-refractivity contribution in [3.05, 3.63) is 29.3 Å². The molecule has 1 unspecified atom stereocenters. The maximum Gasteiger partial charge on any atom is 0.411 e. The fraction of sp³-hybridized carbons (Fsp3) is 0.630. The molecule has 1 heterocycles. The van der Waals surface area contributed by atoms with Crippen LogP contribution in [0.15, 0.2) is 18.2 Å². The maximum absolute atomic E-state index is 12.9. The van der Waals surface area contributed by atoms with Crippen molar-refractivity contribution in [2.24, 2.45) is 0 Å². The number of carbonyl (C=O) groups is 2. The Morgan fingerprint density at radius 2 is 1.83 bits per heavy atom. The predicted molar refractivity (Wildman–Crippen MR) is 133 cm³/mol. The summed E-state index contributed by atoms with van der Waals surface area (Å²) < 4.78 is 11.3. The molecule has 0 spiro atoms. The summed E-state index contributed by atoms with van der Waals surface area (Å²) in [7, 11) is 0. The first-order chi connectivity index (χ1) is 16.1. The Morgan fingerprint density at radius 3 is 2.40 bits per heavy atom. The topological polar surface area (TPSA) is 91.0 Å². The highest BCUT2D eigenvalue weighted by Gasteiger charge is 2.47. The summed E-state index contributed by atoms with van der Waals surface area (Å²) in [4.78, 5) is 27.2. The first-order valence-electron chi connectivity index (χ1n) is 12.1. The Morgan fingerprint density at radius 1 is 1.20 bits per heavy atom. The first-order valence-corrected chi connectivity index (χ1v) is 12.1. The predicted octanol–water partition coefficient (Wildman–Crippen LogP) is 5.46. The van der Waals surface area contributed by atoms with Gasteiger partial charge in [-0.05, 0) is 84.6 Å². The summed E-state index contributed by atoms with van der Waals surface area (Å²) in [5.74, 6) is 2.56. The molecule has 191 valence electrons. The van der Waals surface area contributed by atoms with Gasteiger partial charge in [0, 0.05) is 29.6 Å². The van der Waals surface area contributed by atoms with Gasteiger partial charge in [0.2, 0.25) is 0 Å². The molecule has 1 saturated heterocycles. The van der Waals surface area contributed by atoms with E-state index in [0.29, 0.717) is 18.5 Å². The molecule has 2 amide bonds. The smallest absolute Gasteiger partial charge is 0.411 e. The minimum atomic E-state index is -0.635. The van der Waals surface area contributed by atoms with Gasteiger partial charge in [-0.3, -0.25) is 10.2 Å². The summed E-state index contributed by atoms with van der Waals surface area (Å²) in [5, 5.41) is 16.5. The van der Waals surface area contributed by atoms with E-state index in [1.54, 1.807) is 4.90 Å². The van der Waals surface area contributed by atoms with Crippen LogP contribution in [0.4, 0.5) is 15.3 Å². The van der Waals surface area contributed by atoms with E-state index in [2.05, 4.69) is 11.2 Å². The van der Waals surface area contributed by atoms with Crippen LogP contribution in [0, 0.1) is 12.3 Å². The fourth-order valence-electron chi connectivity index (χ4n) is 5.26. The van der Waals surface area contributed by atoms with E-state index in [1.807, 2.05) is 66.7 Å². The number of benzene rings is 1. The van der Waals surface area contributed by atoms with Gasteiger partial charge in [0.15, 0.2) is 0 Å². The third kappa shape index (κ3) is 6.28. The van der Waals surface area contributed by atoms with E-state index in [-0.39, 0.29) is 18.7 Å². The minimum absolute atomic E-state index is 0.128. The first kappa shape index (κ1) is 26.8. The SMILES string of the molecule is C#CCN(C(=O)OC(C)(C)C)C1CCc2ccc(NC(=O)OC3CC(C)(C)N([O])C(C)(C)C3)cc21. The van der Waals surface area contributed by atoms with Crippen molar-refractivity contribution < 1.29 is 24.3 Å². The number of terminal acetylenes is 1. The van der Waals surface area contributed by atoms with Crippen molar-refractivity contribution in [1.29, 1.82) is 0 Å². The third-order valence-electron chi connectivity index (χ3n) is 6.53. The molecular formula is C27H38N3O5. The number of hydrogen-bond donors (Lipinski definition) is 1. The number of hydrogen-bond acceptors (Lipinski definition) is 5. The highest BCUT2D eigenvalue weighted by Crippen LogP contribution is 2.39. The highest BCUT2D eigenvalue weighted by atomic mass is 16.6. The number of ether oxygens (including phenoxy) is 2. The molecule has 1 N–H and O–H groups in total. The number of carbonyl (C=O) groups excluding carboxylic acids is 2. The summed E-state index contributed by atoms with van der Waals surface area (Å²) >= 11 is 0. The third-order valence-corrected chi connectivity index (χ3v) is 6.53. The quantitative estimate of drug-likeness (QED) is 0.573. The maximum atomic E-state index is 12.9. The number of rotatable bonds is 4. The number of fused-ring (bicyclic) bond motifs is 1. The molecule has 3 rings (SSSR count). The molecular weight excluding hydrogens is 446 g/mol. The second-order valence-corrected chi connectivity index (χ2v) is 11.8. The van der Waals surface area contributed by atoms with Gasteiger partial charge in [0.1, 0.15) is 11.7 Å². The number of nitrogens with zero attached hydrogens (tertiary/aromatic N) is 2. The van der Waals surface area contributed by atoms with Crippen LogP contribution in [0.5, 0.6) is 0 Å². The molecule has 1 fully saturated rings. The molecule has 1 aliphatic carbocycles. The average Bonchev–Trinajstić information content (AvgIpc) is 3.11. The van der Waals surface area contributed by atoms with E-state index in [1.165, 1.54) is 0 Å². The van der Waals surface area contributed by atoms with Gasteiger partial charge in [0.05, 0.1) is 12.6 Å². The lowest BCUT2D eigenvalue weighted by atomic mass is 9.80. The van der Waals surface area contributed by atoms with Gasteiger partial charge in [-0.1, -0.05) is 12.0 Å². The van der Waals surface area contributed by atoms with Gasteiger partial charge >= 0.3 is 12.2 Å². The zero-order valence-corrected chi connectivity index (χ0v) is 21.9. The largest absolute Gasteiger partial charge is 0.446 e. The zero-order valence-electron chi connectivity index (χ0n) is 21.9. The van der Waals surface area contributed by atoms with E-state index < -0.39 is 28.9 Å². The summed E-state index contributed by atoms with van der Waals surface area (Å²) in [5.41, 5.74) is 0.719. The number of hydroxylamine groups is 2. The molecule has 2 aliphatic rings. The summed E-state index contributed by atoms with van der Waals surface area (Å²) in [6.45, 7) is 13.0. The van der Waals surface area contributed by atoms with E-state index in [0.717, 1.165) is 29.0 Å². The van der Waals surface area contributed by atoms with Crippen LogP contribution in [0.3, 0.4) is 0 Å². The summed E-state index contributed by atoms with van der Waals surface area (Å²) in [6.07, 6.45) is 6.59. The van der Waals surface area contributed by atoms with E-state index in [4.69, 9.17) is 15.9 Å². The zero-order chi connectivity index (χ0) is 26.2. The number of nitrogens with one attached hydrogen (secondary N) is 1. The molecule has 0 aromatic heterocycles. The van der Waals surface area contributed by atoms with Gasteiger partial charge in [0.25, 0.3) is 0 Å². The molecule has 35 heavy (non-hydrogen) atoms.